The third-order valence-corrected chi connectivity index (χ3v) is 3.27. The van der Waals surface area contributed by atoms with E-state index in [1.54, 1.807) is 18.2 Å². The Hall–Kier alpha value is -2.28. The molecule has 0 bridgehead atoms. The smallest absolute Gasteiger partial charge is 0.234 e. The summed E-state index contributed by atoms with van der Waals surface area (Å²) in [6, 6.07) is 5.07. The lowest BCUT2D eigenvalue weighted by atomic mass is 10.2. The number of amides is 2. The number of nitrogens with two attached hydrogens (primary N) is 1. The number of methoxy groups -OCH3 is 1. The van der Waals surface area contributed by atoms with Crippen LogP contribution < -0.4 is 21.1 Å². The lowest BCUT2D eigenvalue weighted by Gasteiger charge is -2.26. The van der Waals surface area contributed by atoms with Gasteiger partial charge in [0.25, 0.3) is 0 Å². The molecule has 1 heterocycles. The highest BCUT2D eigenvalue weighted by Crippen LogP contribution is 2.26. The molecule has 1 saturated heterocycles. The Morgan fingerprint density at radius 3 is 3.05 bits per heavy atom. The van der Waals surface area contributed by atoms with Gasteiger partial charge in [0, 0.05) is 37.8 Å². The van der Waals surface area contributed by atoms with Crippen LogP contribution in [0.2, 0.25) is 0 Å². The van der Waals surface area contributed by atoms with Gasteiger partial charge in [-0.05, 0) is 12.1 Å². The minimum absolute atomic E-state index is 0.00172. The Morgan fingerprint density at radius 1 is 1.52 bits per heavy atom. The molecule has 2 amide bonds. The SMILES string of the molecule is COc1cc(N)ccc1NC(=O)CCN1CCNC(=O)C1. The maximum absolute atomic E-state index is 12.0. The van der Waals surface area contributed by atoms with E-state index < -0.39 is 0 Å². The number of nitrogens with one attached hydrogen (secondary N) is 2. The van der Waals surface area contributed by atoms with E-state index >= 15 is 0 Å². The molecule has 7 heteroatoms. The molecule has 1 aliphatic heterocycles. The largest absolute Gasteiger partial charge is 0.494 e. The lowest BCUT2D eigenvalue weighted by molar-refractivity contribution is -0.125. The normalized spacial score (nSPS) is 15.4. The first-order valence-corrected chi connectivity index (χ1v) is 6.81. The van der Waals surface area contributed by atoms with Crippen molar-refractivity contribution in [2.24, 2.45) is 0 Å². The van der Waals surface area contributed by atoms with Crippen LogP contribution in [0.4, 0.5) is 11.4 Å². The average Bonchev–Trinajstić information content (AvgIpc) is 2.47. The van der Waals surface area contributed by atoms with Gasteiger partial charge in [-0.3, -0.25) is 14.5 Å². The van der Waals surface area contributed by atoms with Crippen molar-refractivity contribution in [2.45, 2.75) is 6.42 Å². The summed E-state index contributed by atoms with van der Waals surface area (Å²) >= 11 is 0. The summed E-state index contributed by atoms with van der Waals surface area (Å²) in [6.45, 7) is 2.30. The van der Waals surface area contributed by atoms with Crippen LogP contribution in [0.5, 0.6) is 5.75 Å². The molecule has 0 aromatic heterocycles. The summed E-state index contributed by atoms with van der Waals surface area (Å²) in [7, 11) is 1.52. The first-order valence-electron chi connectivity index (χ1n) is 6.81. The molecule has 0 saturated carbocycles. The second kappa shape index (κ2) is 6.94. The van der Waals surface area contributed by atoms with Gasteiger partial charge in [-0.1, -0.05) is 0 Å². The summed E-state index contributed by atoms with van der Waals surface area (Å²) < 4.78 is 5.18. The third kappa shape index (κ3) is 4.35. The summed E-state index contributed by atoms with van der Waals surface area (Å²) in [6.07, 6.45) is 0.320. The summed E-state index contributed by atoms with van der Waals surface area (Å²) in [4.78, 5) is 25.2. The highest BCUT2D eigenvalue weighted by atomic mass is 16.5. The molecular weight excluding hydrogens is 272 g/mol. The van der Waals surface area contributed by atoms with Crippen LogP contribution >= 0.6 is 0 Å². The minimum atomic E-state index is -0.121. The number of ether oxygens (including phenoxy) is 1. The predicted molar refractivity (Wildman–Crippen MR) is 80.1 cm³/mol. The predicted octanol–water partition coefficient (Wildman–Crippen LogP) is 0.0378. The Balaban J connectivity index is 1.85. The molecule has 7 nitrogen and oxygen atoms in total. The molecule has 1 aromatic carbocycles. The van der Waals surface area contributed by atoms with E-state index in [1.165, 1.54) is 7.11 Å². The van der Waals surface area contributed by atoms with Crippen LogP contribution in [0.3, 0.4) is 0 Å². The first-order chi connectivity index (χ1) is 10.1. The summed E-state index contributed by atoms with van der Waals surface area (Å²) in [5.74, 6) is 0.409. The van der Waals surface area contributed by atoms with Gasteiger partial charge in [-0.15, -0.1) is 0 Å². The molecule has 0 spiro atoms. The van der Waals surface area contributed by atoms with Gasteiger partial charge in [0.2, 0.25) is 11.8 Å². The number of carbonyl (C=O) groups excluding carboxylic acids is 2. The number of carbonyl (C=O) groups is 2. The molecular formula is C14H20N4O3. The number of nitrogen functional groups attached to an aromatic ring is 1. The van der Waals surface area contributed by atoms with E-state index in [2.05, 4.69) is 10.6 Å². The lowest BCUT2D eigenvalue weighted by Crippen LogP contribution is -2.48. The summed E-state index contributed by atoms with van der Waals surface area (Å²) in [5.41, 5.74) is 6.83. The van der Waals surface area contributed by atoms with Crippen molar-refractivity contribution < 1.29 is 14.3 Å². The van der Waals surface area contributed by atoms with Crippen LogP contribution in [0.25, 0.3) is 0 Å². The zero-order valence-corrected chi connectivity index (χ0v) is 12.0. The Morgan fingerprint density at radius 2 is 2.33 bits per heavy atom. The molecule has 1 fully saturated rings. The molecule has 0 unspecified atom stereocenters. The summed E-state index contributed by atoms with van der Waals surface area (Å²) in [5, 5.41) is 5.54. The fraction of sp³-hybridized carbons (Fsp3) is 0.429. The number of anilines is 2. The van der Waals surface area contributed by atoms with E-state index in [9.17, 15) is 9.59 Å². The van der Waals surface area contributed by atoms with Crippen molar-refractivity contribution >= 4 is 23.2 Å². The topological polar surface area (TPSA) is 96.7 Å². The highest BCUT2D eigenvalue weighted by Gasteiger charge is 2.17. The van der Waals surface area contributed by atoms with Gasteiger partial charge in [0.1, 0.15) is 5.75 Å². The Bertz CT molecular complexity index is 533. The van der Waals surface area contributed by atoms with Crippen LogP contribution in [0.15, 0.2) is 18.2 Å². The monoisotopic (exact) mass is 292 g/mol. The minimum Gasteiger partial charge on any atom is -0.494 e. The van der Waals surface area contributed by atoms with Gasteiger partial charge in [-0.2, -0.15) is 0 Å². The average molecular weight is 292 g/mol. The maximum atomic E-state index is 12.0. The van der Waals surface area contributed by atoms with Crippen LogP contribution in [-0.4, -0.2) is 50.0 Å². The van der Waals surface area contributed by atoms with Gasteiger partial charge in [0.15, 0.2) is 0 Å². The number of rotatable bonds is 5. The van der Waals surface area contributed by atoms with Gasteiger partial charge in [-0.25, -0.2) is 0 Å². The fourth-order valence-corrected chi connectivity index (χ4v) is 2.17. The molecule has 0 atom stereocenters. The van der Waals surface area contributed by atoms with E-state index in [4.69, 9.17) is 10.5 Å². The number of piperazine rings is 1. The molecule has 114 valence electrons. The maximum Gasteiger partial charge on any atom is 0.234 e. The van der Waals surface area contributed by atoms with Crippen molar-refractivity contribution in [1.82, 2.24) is 10.2 Å². The van der Waals surface area contributed by atoms with Crippen molar-refractivity contribution in [3.8, 4) is 5.75 Å². The Kier molecular flexibility index (Phi) is 4.99. The first kappa shape index (κ1) is 15.1. The molecule has 0 radical (unpaired) electrons. The molecule has 21 heavy (non-hydrogen) atoms. The number of nitrogens with zero attached hydrogens (tertiary/aromatic N) is 1. The zero-order valence-electron chi connectivity index (χ0n) is 12.0. The second-order valence-corrected chi connectivity index (χ2v) is 4.88. The van der Waals surface area contributed by atoms with Crippen molar-refractivity contribution in [3.05, 3.63) is 18.2 Å². The third-order valence-electron chi connectivity index (χ3n) is 3.27. The standard InChI is InChI=1S/C14H20N4O3/c1-21-12-8-10(15)2-3-11(12)17-13(19)4-6-18-7-5-16-14(20)9-18/h2-3,8H,4-7,9,15H2,1H3,(H,16,20)(H,17,19). The zero-order chi connectivity index (χ0) is 15.2. The molecule has 0 aliphatic carbocycles. The molecule has 4 N–H and O–H groups in total. The van der Waals surface area contributed by atoms with E-state index in [-0.39, 0.29) is 11.8 Å². The second-order valence-electron chi connectivity index (χ2n) is 4.88. The molecule has 1 aliphatic rings. The highest BCUT2D eigenvalue weighted by molar-refractivity contribution is 5.92. The number of benzene rings is 1. The number of hydrogen-bond donors (Lipinski definition) is 3. The van der Waals surface area contributed by atoms with E-state index in [0.29, 0.717) is 43.2 Å². The van der Waals surface area contributed by atoms with Gasteiger partial charge >= 0.3 is 0 Å². The Labute approximate surface area is 123 Å². The van der Waals surface area contributed by atoms with Gasteiger partial charge < -0.3 is 21.1 Å². The van der Waals surface area contributed by atoms with Crippen molar-refractivity contribution in [3.63, 3.8) is 0 Å². The quantitative estimate of drug-likeness (QED) is 0.666. The van der Waals surface area contributed by atoms with Crippen molar-refractivity contribution in [2.75, 3.05) is 44.3 Å². The fourth-order valence-electron chi connectivity index (χ4n) is 2.17. The van der Waals surface area contributed by atoms with Crippen LogP contribution in [-0.2, 0) is 9.59 Å². The molecule has 1 aromatic rings. The van der Waals surface area contributed by atoms with Crippen molar-refractivity contribution in [1.29, 1.82) is 0 Å². The van der Waals surface area contributed by atoms with Gasteiger partial charge in [0.05, 0.1) is 19.3 Å². The van der Waals surface area contributed by atoms with Crippen LogP contribution in [0.1, 0.15) is 6.42 Å². The number of hydrogen-bond acceptors (Lipinski definition) is 5. The van der Waals surface area contributed by atoms with E-state index in [1.807, 2.05) is 4.90 Å². The van der Waals surface area contributed by atoms with Crippen LogP contribution in [0, 0.1) is 0 Å². The van der Waals surface area contributed by atoms with E-state index in [0.717, 1.165) is 6.54 Å². The molecule has 2 rings (SSSR count).